The van der Waals surface area contributed by atoms with Gasteiger partial charge in [-0.15, -0.1) is 0 Å². The maximum absolute atomic E-state index is 12.7. The van der Waals surface area contributed by atoms with E-state index in [0.29, 0.717) is 36.9 Å². The van der Waals surface area contributed by atoms with Crippen LogP contribution in [0, 0.1) is 5.92 Å². The van der Waals surface area contributed by atoms with Crippen LogP contribution in [0.25, 0.3) is 0 Å². The number of morpholine rings is 1. The van der Waals surface area contributed by atoms with Crippen molar-refractivity contribution in [2.45, 2.75) is 52.1 Å². The van der Waals surface area contributed by atoms with E-state index in [1.54, 1.807) is 6.07 Å². The SMILES string of the molecule is CCCC1COCC2CN(C(=O)c3cc(CC(C)C)no3)CCN12. The molecule has 2 atom stereocenters. The summed E-state index contributed by atoms with van der Waals surface area (Å²) in [6.07, 6.45) is 3.15. The van der Waals surface area contributed by atoms with Gasteiger partial charge >= 0.3 is 0 Å². The largest absolute Gasteiger partial charge is 0.378 e. The van der Waals surface area contributed by atoms with Crippen molar-refractivity contribution in [1.82, 2.24) is 15.0 Å². The van der Waals surface area contributed by atoms with E-state index in [0.717, 1.165) is 44.7 Å². The zero-order valence-electron chi connectivity index (χ0n) is 15.0. The predicted molar refractivity (Wildman–Crippen MR) is 91.0 cm³/mol. The molecule has 3 rings (SSSR count). The van der Waals surface area contributed by atoms with E-state index in [1.807, 2.05) is 4.90 Å². The van der Waals surface area contributed by atoms with Gasteiger partial charge in [0.15, 0.2) is 0 Å². The molecule has 3 heterocycles. The summed E-state index contributed by atoms with van der Waals surface area (Å²) >= 11 is 0. The van der Waals surface area contributed by atoms with E-state index in [2.05, 4.69) is 30.8 Å². The van der Waals surface area contributed by atoms with Crippen molar-refractivity contribution in [2.24, 2.45) is 5.92 Å². The van der Waals surface area contributed by atoms with Crippen LogP contribution in [0.3, 0.4) is 0 Å². The molecule has 6 heteroatoms. The third-order valence-corrected chi connectivity index (χ3v) is 4.91. The van der Waals surface area contributed by atoms with Crippen LogP contribution in [0.4, 0.5) is 0 Å². The number of nitrogens with zero attached hydrogens (tertiary/aromatic N) is 3. The number of hydrogen-bond acceptors (Lipinski definition) is 5. The zero-order chi connectivity index (χ0) is 17.1. The Kier molecular flexibility index (Phi) is 5.56. The van der Waals surface area contributed by atoms with Crippen LogP contribution in [0.1, 0.15) is 49.9 Å². The second-order valence-electron chi connectivity index (χ2n) is 7.40. The standard InChI is InChI=1S/C18H29N3O3/c1-4-5-15-11-23-12-16-10-20(6-7-21(15)16)18(22)17-9-14(19-24-17)8-13(2)3/h9,13,15-16H,4-8,10-12H2,1-3H3. The van der Waals surface area contributed by atoms with Gasteiger partial charge in [-0.1, -0.05) is 32.3 Å². The molecule has 1 aromatic heterocycles. The molecule has 0 aliphatic carbocycles. The molecular weight excluding hydrogens is 306 g/mol. The van der Waals surface area contributed by atoms with E-state index in [-0.39, 0.29) is 5.91 Å². The molecule has 6 nitrogen and oxygen atoms in total. The molecule has 0 spiro atoms. The fraction of sp³-hybridized carbons (Fsp3) is 0.778. The third-order valence-electron chi connectivity index (χ3n) is 4.91. The summed E-state index contributed by atoms with van der Waals surface area (Å²) in [5.41, 5.74) is 0.857. The molecule has 0 bridgehead atoms. The van der Waals surface area contributed by atoms with Gasteiger partial charge in [0, 0.05) is 31.7 Å². The Labute approximate surface area is 144 Å². The Morgan fingerprint density at radius 2 is 2.21 bits per heavy atom. The normalized spacial score (nSPS) is 25.1. The summed E-state index contributed by atoms with van der Waals surface area (Å²) in [6, 6.07) is 2.59. The highest BCUT2D eigenvalue weighted by atomic mass is 16.5. The van der Waals surface area contributed by atoms with Gasteiger partial charge in [0.05, 0.1) is 24.9 Å². The van der Waals surface area contributed by atoms with Gasteiger partial charge in [-0.05, 0) is 18.8 Å². The van der Waals surface area contributed by atoms with Gasteiger partial charge in [0.25, 0.3) is 5.91 Å². The lowest BCUT2D eigenvalue weighted by molar-refractivity contribution is -0.0779. The molecule has 0 saturated carbocycles. The Morgan fingerprint density at radius 3 is 2.96 bits per heavy atom. The average molecular weight is 335 g/mol. The van der Waals surface area contributed by atoms with Crippen molar-refractivity contribution in [3.8, 4) is 0 Å². The summed E-state index contributed by atoms with van der Waals surface area (Å²) in [7, 11) is 0. The lowest BCUT2D eigenvalue weighted by Crippen LogP contribution is -2.62. The maximum Gasteiger partial charge on any atom is 0.292 e. The van der Waals surface area contributed by atoms with E-state index in [1.165, 1.54) is 0 Å². The first-order valence-corrected chi connectivity index (χ1v) is 9.16. The number of ether oxygens (including phenoxy) is 1. The Hall–Kier alpha value is -1.40. The lowest BCUT2D eigenvalue weighted by Gasteiger charge is -2.47. The first-order chi connectivity index (χ1) is 11.6. The topological polar surface area (TPSA) is 58.8 Å². The van der Waals surface area contributed by atoms with Crippen molar-refractivity contribution in [2.75, 3.05) is 32.8 Å². The Balaban J connectivity index is 1.62. The highest BCUT2D eigenvalue weighted by Crippen LogP contribution is 2.23. The third kappa shape index (κ3) is 3.81. The molecule has 1 aromatic rings. The van der Waals surface area contributed by atoms with Gasteiger partial charge in [0.1, 0.15) is 0 Å². The lowest BCUT2D eigenvalue weighted by atomic mass is 10.0. The van der Waals surface area contributed by atoms with E-state index >= 15 is 0 Å². The summed E-state index contributed by atoms with van der Waals surface area (Å²) in [6.45, 7) is 10.4. The second kappa shape index (κ2) is 7.66. The molecule has 2 aliphatic heterocycles. The van der Waals surface area contributed by atoms with Crippen LogP contribution in [0.5, 0.6) is 0 Å². The molecule has 2 aliphatic rings. The Bertz CT molecular complexity index is 555. The van der Waals surface area contributed by atoms with Crippen LogP contribution >= 0.6 is 0 Å². The highest BCUT2D eigenvalue weighted by Gasteiger charge is 2.37. The molecular formula is C18H29N3O3. The number of carbonyl (C=O) groups is 1. The van der Waals surface area contributed by atoms with Crippen molar-refractivity contribution in [3.63, 3.8) is 0 Å². The van der Waals surface area contributed by atoms with Crippen molar-refractivity contribution in [3.05, 3.63) is 17.5 Å². The predicted octanol–water partition coefficient (Wildman–Crippen LogP) is 2.20. The van der Waals surface area contributed by atoms with Gasteiger partial charge in [0.2, 0.25) is 5.76 Å². The van der Waals surface area contributed by atoms with Gasteiger partial charge in [-0.2, -0.15) is 0 Å². The number of aromatic nitrogens is 1. The molecule has 1 amide bonds. The molecule has 24 heavy (non-hydrogen) atoms. The second-order valence-corrected chi connectivity index (χ2v) is 7.40. The molecule has 2 saturated heterocycles. The average Bonchev–Trinajstić information content (AvgIpc) is 3.02. The minimum atomic E-state index is -0.0465. The van der Waals surface area contributed by atoms with E-state index in [9.17, 15) is 4.79 Å². The van der Waals surface area contributed by atoms with Crippen LogP contribution in [-0.4, -0.2) is 65.8 Å². The van der Waals surface area contributed by atoms with Gasteiger partial charge in [-0.3, -0.25) is 9.69 Å². The molecule has 134 valence electrons. The quantitative estimate of drug-likeness (QED) is 0.825. The highest BCUT2D eigenvalue weighted by molar-refractivity contribution is 5.91. The van der Waals surface area contributed by atoms with Crippen LogP contribution in [-0.2, 0) is 11.2 Å². The van der Waals surface area contributed by atoms with Gasteiger partial charge in [-0.25, -0.2) is 0 Å². The molecule has 2 fully saturated rings. The fourth-order valence-corrected chi connectivity index (χ4v) is 3.78. The first kappa shape index (κ1) is 17.4. The number of piperazine rings is 1. The molecule has 0 aromatic carbocycles. The summed E-state index contributed by atoms with van der Waals surface area (Å²) in [5, 5.41) is 4.03. The van der Waals surface area contributed by atoms with E-state index < -0.39 is 0 Å². The van der Waals surface area contributed by atoms with Crippen LogP contribution < -0.4 is 0 Å². The maximum atomic E-state index is 12.7. The number of hydrogen-bond donors (Lipinski definition) is 0. The van der Waals surface area contributed by atoms with Crippen LogP contribution in [0.2, 0.25) is 0 Å². The van der Waals surface area contributed by atoms with E-state index in [4.69, 9.17) is 9.26 Å². The monoisotopic (exact) mass is 335 g/mol. The first-order valence-electron chi connectivity index (χ1n) is 9.16. The zero-order valence-corrected chi connectivity index (χ0v) is 15.0. The number of carbonyl (C=O) groups excluding carboxylic acids is 1. The Morgan fingerprint density at radius 1 is 1.38 bits per heavy atom. The summed E-state index contributed by atoms with van der Waals surface area (Å²) < 4.78 is 11.1. The number of rotatable bonds is 5. The van der Waals surface area contributed by atoms with Gasteiger partial charge < -0.3 is 14.2 Å². The molecule has 0 radical (unpaired) electrons. The number of amides is 1. The summed E-state index contributed by atoms with van der Waals surface area (Å²) in [5.74, 6) is 0.812. The smallest absolute Gasteiger partial charge is 0.292 e. The van der Waals surface area contributed by atoms with Crippen molar-refractivity contribution < 1.29 is 14.1 Å². The molecule has 2 unspecified atom stereocenters. The van der Waals surface area contributed by atoms with Crippen LogP contribution in [0.15, 0.2) is 10.6 Å². The number of fused-ring (bicyclic) bond motifs is 1. The van der Waals surface area contributed by atoms with Crippen molar-refractivity contribution in [1.29, 1.82) is 0 Å². The van der Waals surface area contributed by atoms with Crippen molar-refractivity contribution >= 4 is 5.91 Å². The fourth-order valence-electron chi connectivity index (χ4n) is 3.78. The summed E-state index contributed by atoms with van der Waals surface area (Å²) in [4.78, 5) is 17.1. The minimum Gasteiger partial charge on any atom is -0.378 e. The molecule has 0 N–H and O–H groups in total. The minimum absolute atomic E-state index is 0.0465.